The molecule has 0 aliphatic carbocycles. The Balaban J connectivity index is 3.15. The van der Waals surface area contributed by atoms with Gasteiger partial charge in [0.2, 0.25) is 0 Å². The topological polar surface area (TPSA) is 17.1 Å². The molecule has 1 rings (SSSR count). The van der Waals surface area contributed by atoms with E-state index in [1.807, 2.05) is 0 Å². The van der Waals surface area contributed by atoms with Gasteiger partial charge in [-0.1, -0.05) is 22.0 Å². The number of halogens is 4. The van der Waals surface area contributed by atoms with Gasteiger partial charge in [-0.25, -0.2) is 0 Å². The lowest BCUT2D eigenvalue weighted by Crippen LogP contribution is -2.06. The van der Waals surface area contributed by atoms with Gasteiger partial charge >= 0.3 is 6.18 Å². The molecule has 1 aromatic rings. The normalized spacial score (nSPS) is 11.4. The van der Waals surface area contributed by atoms with Gasteiger partial charge in [-0.2, -0.15) is 13.2 Å². The van der Waals surface area contributed by atoms with E-state index >= 15 is 0 Å². The summed E-state index contributed by atoms with van der Waals surface area (Å²) < 4.78 is 37.0. The average Bonchev–Trinajstić information content (AvgIpc) is 2.07. The average molecular weight is 267 g/mol. The number of carbonyl (C=O) groups excluding carboxylic acids is 1. The van der Waals surface area contributed by atoms with Crippen molar-refractivity contribution in [2.45, 2.75) is 12.6 Å². The van der Waals surface area contributed by atoms with E-state index in [1.165, 1.54) is 12.1 Å². The van der Waals surface area contributed by atoms with Crippen molar-refractivity contribution in [2.24, 2.45) is 0 Å². The van der Waals surface area contributed by atoms with E-state index in [1.54, 1.807) is 0 Å². The smallest absolute Gasteiger partial charge is 0.303 e. The second-order valence-electron chi connectivity index (χ2n) is 2.68. The van der Waals surface area contributed by atoms with Crippen LogP contribution in [0, 0.1) is 0 Å². The van der Waals surface area contributed by atoms with Crippen LogP contribution in [0.1, 0.15) is 11.1 Å². The molecule has 0 N–H and O–H groups in total. The second kappa shape index (κ2) is 4.13. The van der Waals surface area contributed by atoms with Crippen molar-refractivity contribution < 1.29 is 18.0 Å². The molecule has 76 valence electrons. The Morgan fingerprint density at radius 3 is 2.50 bits per heavy atom. The highest BCUT2D eigenvalue weighted by Gasteiger charge is 2.32. The van der Waals surface area contributed by atoms with Crippen LogP contribution in [0.3, 0.4) is 0 Å². The maximum absolute atomic E-state index is 12.4. The van der Waals surface area contributed by atoms with Crippen molar-refractivity contribution in [3.63, 3.8) is 0 Å². The summed E-state index contributed by atoms with van der Waals surface area (Å²) in [6.07, 6.45) is -3.82. The molecule has 0 aliphatic rings. The summed E-state index contributed by atoms with van der Waals surface area (Å²) in [5.41, 5.74) is -0.396. The number of hydrogen-bond acceptors (Lipinski definition) is 1. The minimum atomic E-state index is -4.39. The molecule has 1 aromatic carbocycles. The third-order valence-electron chi connectivity index (χ3n) is 1.66. The van der Waals surface area contributed by atoms with Crippen molar-refractivity contribution in [1.29, 1.82) is 0 Å². The first kappa shape index (κ1) is 11.2. The van der Waals surface area contributed by atoms with E-state index in [9.17, 15) is 18.0 Å². The van der Waals surface area contributed by atoms with Crippen LogP contribution in [0.25, 0.3) is 0 Å². The number of alkyl halides is 3. The minimum Gasteiger partial charge on any atom is -0.303 e. The van der Waals surface area contributed by atoms with Crippen molar-refractivity contribution in [3.8, 4) is 0 Å². The Hall–Kier alpha value is -0.840. The van der Waals surface area contributed by atoms with Gasteiger partial charge in [0.1, 0.15) is 6.29 Å². The molecule has 5 heteroatoms. The van der Waals surface area contributed by atoms with Gasteiger partial charge in [-0.3, -0.25) is 0 Å². The van der Waals surface area contributed by atoms with Gasteiger partial charge in [0.25, 0.3) is 0 Å². The van der Waals surface area contributed by atoms with E-state index in [2.05, 4.69) is 15.9 Å². The lowest BCUT2D eigenvalue weighted by atomic mass is 10.1. The van der Waals surface area contributed by atoms with Gasteiger partial charge in [0, 0.05) is 10.9 Å². The molecule has 14 heavy (non-hydrogen) atoms. The molecule has 0 saturated heterocycles. The molecule has 0 unspecified atom stereocenters. The highest BCUT2D eigenvalue weighted by molar-refractivity contribution is 9.10. The first-order chi connectivity index (χ1) is 6.45. The number of rotatable bonds is 2. The minimum absolute atomic E-state index is 0.00361. The van der Waals surface area contributed by atoms with E-state index in [-0.39, 0.29) is 10.9 Å². The predicted octanol–water partition coefficient (Wildman–Crippen LogP) is 3.21. The SMILES string of the molecule is O=CCc1ccc(Br)c(C(F)(F)F)c1. The molecule has 0 aromatic heterocycles. The third kappa shape index (κ3) is 2.57. The molecular weight excluding hydrogens is 261 g/mol. The molecule has 0 spiro atoms. The zero-order valence-corrected chi connectivity index (χ0v) is 8.52. The van der Waals surface area contributed by atoms with Crippen LogP contribution in [0.5, 0.6) is 0 Å². The van der Waals surface area contributed by atoms with Gasteiger partial charge < -0.3 is 4.79 Å². The monoisotopic (exact) mass is 266 g/mol. The van der Waals surface area contributed by atoms with Crippen LogP contribution in [0.15, 0.2) is 22.7 Å². The fourth-order valence-electron chi connectivity index (χ4n) is 1.01. The van der Waals surface area contributed by atoms with E-state index in [0.29, 0.717) is 11.8 Å². The number of hydrogen-bond donors (Lipinski definition) is 0. The Morgan fingerprint density at radius 2 is 2.00 bits per heavy atom. The van der Waals surface area contributed by atoms with Crippen molar-refractivity contribution in [2.75, 3.05) is 0 Å². The fraction of sp³-hybridized carbons (Fsp3) is 0.222. The molecule has 1 nitrogen and oxygen atoms in total. The molecular formula is C9H6BrF3O. The van der Waals surface area contributed by atoms with Crippen LogP contribution in [0.4, 0.5) is 13.2 Å². The second-order valence-corrected chi connectivity index (χ2v) is 3.54. The lowest BCUT2D eigenvalue weighted by Gasteiger charge is -2.09. The first-order valence-corrected chi connectivity index (χ1v) is 4.53. The van der Waals surface area contributed by atoms with Crippen molar-refractivity contribution >= 4 is 22.2 Å². The van der Waals surface area contributed by atoms with Gasteiger partial charge in [0.15, 0.2) is 0 Å². The molecule has 0 aliphatic heterocycles. The summed E-state index contributed by atoms with van der Waals surface area (Å²) in [5, 5.41) is 0. The zero-order valence-electron chi connectivity index (χ0n) is 6.94. The Morgan fingerprint density at radius 1 is 1.36 bits per heavy atom. The molecule has 0 saturated carbocycles. The first-order valence-electron chi connectivity index (χ1n) is 3.74. The standard InChI is InChI=1S/C9H6BrF3O/c10-8-2-1-6(3-4-14)5-7(8)9(11,12)13/h1-2,4-5H,3H2. The molecule has 0 amide bonds. The summed E-state index contributed by atoms with van der Waals surface area (Å²) in [5.74, 6) is 0. The highest BCUT2D eigenvalue weighted by Crippen LogP contribution is 2.35. The van der Waals surface area contributed by atoms with Gasteiger partial charge in [0.05, 0.1) is 5.56 Å². The summed E-state index contributed by atoms with van der Waals surface area (Å²) in [4.78, 5) is 10.1. The van der Waals surface area contributed by atoms with Crippen molar-refractivity contribution in [3.05, 3.63) is 33.8 Å². The molecule has 0 atom stereocenters. The van der Waals surface area contributed by atoms with Crippen LogP contribution < -0.4 is 0 Å². The van der Waals surface area contributed by atoms with Crippen LogP contribution in [-0.2, 0) is 17.4 Å². The van der Waals surface area contributed by atoms with E-state index in [0.717, 1.165) is 6.07 Å². The van der Waals surface area contributed by atoms with Crippen LogP contribution >= 0.6 is 15.9 Å². The number of benzene rings is 1. The predicted molar refractivity (Wildman–Crippen MR) is 48.9 cm³/mol. The maximum atomic E-state index is 12.4. The van der Waals surface area contributed by atoms with Crippen LogP contribution in [-0.4, -0.2) is 6.29 Å². The van der Waals surface area contributed by atoms with Crippen LogP contribution in [0.2, 0.25) is 0 Å². The Kier molecular flexibility index (Phi) is 3.31. The summed E-state index contributed by atoms with van der Waals surface area (Å²) in [6, 6.07) is 3.74. The zero-order chi connectivity index (χ0) is 10.8. The molecule has 0 radical (unpaired) electrons. The van der Waals surface area contributed by atoms with Gasteiger partial charge in [-0.05, 0) is 17.7 Å². The quantitative estimate of drug-likeness (QED) is 0.752. The Labute approximate surface area is 87.1 Å². The largest absolute Gasteiger partial charge is 0.417 e. The molecule has 0 heterocycles. The van der Waals surface area contributed by atoms with Crippen molar-refractivity contribution in [1.82, 2.24) is 0 Å². The fourth-order valence-corrected chi connectivity index (χ4v) is 1.48. The third-order valence-corrected chi connectivity index (χ3v) is 2.35. The lowest BCUT2D eigenvalue weighted by molar-refractivity contribution is -0.138. The Bertz CT molecular complexity index is 346. The number of carbonyl (C=O) groups is 1. The summed E-state index contributed by atoms with van der Waals surface area (Å²) >= 11 is 2.81. The highest BCUT2D eigenvalue weighted by atomic mass is 79.9. The maximum Gasteiger partial charge on any atom is 0.417 e. The summed E-state index contributed by atoms with van der Waals surface area (Å²) in [7, 11) is 0. The van der Waals surface area contributed by atoms with E-state index in [4.69, 9.17) is 0 Å². The number of aldehydes is 1. The molecule has 0 bridgehead atoms. The molecule has 0 fully saturated rings. The van der Waals surface area contributed by atoms with E-state index < -0.39 is 11.7 Å². The van der Waals surface area contributed by atoms with Gasteiger partial charge in [-0.15, -0.1) is 0 Å². The summed E-state index contributed by atoms with van der Waals surface area (Å²) in [6.45, 7) is 0.